The minimum Gasteiger partial charge on any atom is -0.467 e. The van der Waals surface area contributed by atoms with E-state index in [1.807, 2.05) is 19.1 Å². The van der Waals surface area contributed by atoms with E-state index in [0.717, 1.165) is 0 Å². The van der Waals surface area contributed by atoms with Crippen molar-refractivity contribution in [3.8, 4) is 0 Å². The van der Waals surface area contributed by atoms with Gasteiger partial charge in [-0.25, -0.2) is 4.79 Å². The molecule has 6 rings (SSSR count). The molecule has 9 nitrogen and oxygen atoms in total. The normalized spacial score (nSPS) is 34.0. The van der Waals surface area contributed by atoms with Gasteiger partial charge in [-0.1, -0.05) is 25.1 Å². The number of carbonyl (C=O) groups is 4. The summed E-state index contributed by atoms with van der Waals surface area (Å²) in [6.07, 6.45) is 4.78. The molecule has 1 aromatic heterocycles. The highest BCUT2D eigenvalue weighted by molar-refractivity contribution is 6.01. The second kappa shape index (κ2) is 8.16. The van der Waals surface area contributed by atoms with Gasteiger partial charge in [0.05, 0.1) is 48.5 Å². The fourth-order valence-corrected chi connectivity index (χ4v) is 6.43. The maximum absolute atomic E-state index is 14.0. The van der Waals surface area contributed by atoms with E-state index in [0.29, 0.717) is 17.0 Å². The zero-order chi connectivity index (χ0) is 25.2. The number of benzene rings is 1. The fourth-order valence-electron chi connectivity index (χ4n) is 6.43. The van der Waals surface area contributed by atoms with Crippen LogP contribution in [0.5, 0.6) is 0 Å². The molecule has 36 heavy (non-hydrogen) atoms. The standard InChI is InChI=1S/C27H26N2O7/c1-3-34-26(33)15-6-4-7-16(12-15)28-24(31)21-20-9-10-27(36-20)22(21)25(32)29-17(19-8-5-11-35-19)13-18(30)14(2)23(27)29/h4-12,14,17,20-23H,3,13H2,1-2H3,(H,28,31). The van der Waals surface area contributed by atoms with Crippen molar-refractivity contribution in [3.63, 3.8) is 0 Å². The van der Waals surface area contributed by atoms with Gasteiger partial charge in [-0.15, -0.1) is 0 Å². The molecule has 7 atom stereocenters. The molecule has 0 aliphatic carbocycles. The molecule has 9 heteroatoms. The van der Waals surface area contributed by atoms with Gasteiger partial charge < -0.3 is 24.1 Å². The van der Waals surface area contributed by atoms with Crippen molar-refractivity contribution in [3.05, 3.63) is 66.1 Å². The van der Waals surface area contributed by atoms with E-state index < -0.39 is 47.5 Å². The molecule has 4 aliphatic heterocycles. The number of esters is 1. The summed E-state index contributed by atoms with van der Waals surface area (Å²) in [4.78, 5) is 54.4. The van der Waals surface area contributed by atoms with Crippen LogP contribution in [0.3, 0.4) is 0 Å². The first-order chi connectivity index (χ1) is 17.4. The summed E-state index contributed by atoms with van der Waals surface area (Å²) >= 11 is 0. The van der Waals surface area contributed by atoms with Crippen molar-refractivity contribution < 1.29 is 33.1 Å². The Morgan fingerprint density at radius 3 is 2.81 bits per heavy atom. The quantitative estimate of drug-likeness (QED) is 0.506. The number of rotatable bonds is 5. The molecule has 4 aliphatic rings. The molecule has 1 N–H and O–H groups in total. The number of carbonyl (C=O) groups excluding carboxylic acids is 4. The highest BCUT2D eigenvalue weighted by Gasteiger charge is 2.74. The van der Waals surface area contributed by atoms with Gasteiger partial charge in [0.1, 0.15) is 17.1 Å². The smallest absolute Gasteiger partial charge is 0.338 e. The van der Waals surface area contributed by atoms with Crippen LogP contribution in [0.2, 0.25) is 0 Å². The SMILES string of the molecule is CCOC(=O)c1cccc(NC(=O)C2C3C=CC4(O3)C2C(=O)N2C(c3ccco3)CC(=O)C(C)C24)c1. The number of nitrogens with one attached hydrogen (secondary N) is 1. The molecular weight excluding hydrogens is 464 g/mol. The number of hydrogen-bond donors (Lipinski definition) is 1. The van der Waals surface area contributed by atoms with E-state index in [2.05, 4.69) is 5.32 Å². The van der Waals surface area contributed by atoms with Gasteiger partial charge in [0.15, 0.2) is 0 Å². The third-order valence-corrected chi connectivity index (χ3v) is 7.90. The molecule has 2 amide bonds. The van der Waals surface area contributed by atoms with Crippen molar-refractivity contribution in [2.45, 2.75) is 44.1 Å². The summed E-state index contributed by atoms with van der Waals surface area (Å²) in [7, 11) is 0. The number of amides is 2. The average Bonchev–Trinajstić information content (AvgIpc) is 3.64. The molecule has 1 aromatic carbocycles. The number of furan rings is 1. The maximum atomic E-state index is 14.0. The summed E-state index contributed by atoms with van der Waals surface area (Å²) in [6.45, 7) is 3.78. The summed E-state index contributed by atoms with van der Waals surface area (Å²) in [5.41, 5.74) is -0.318. The highest BCUT2D eigenvalue weighted by atomic mass is 16.5. The third kappa shape index (κ3) is 3.12. The summed E-state index contributed by atoms with van der Waals surface area (Å²) in [5, 5.41) is 2.86. The summed E-state index contributed by atoms with van der Waals surface area (Å²) < 4.78 is 17.0. The number of Topliss-reactive ketones (excluding diaryl/α,β-unsaturated/α-hetero) is 1. The summed E-state index contributed by atoms with van der Waals surface area (Å²) in [6, 6.07) is 8.91. The Bertz CT molecular complexity index is 1280. The number of ketones is 1. The van der Waals surface area contributed by atoms with Crippen LogP contribution < -0.4 is 5.32 Å². The van der Waals surface area contributed by atoms with Gasteiger partial charge in [0.25, 0.3) is 0 Å². The lowest BCUT2D eigenvalue weighted by atomic mass is 9.70. The lowest BCUT2D eigenvalue weighted by Crippen LogP contribution is -2.55. The van der Waals surface area contributed by atoms with Crippen LogP contribution >= 0.6 is 0 Å². The van der Waals surface area contributed by atoms with E-state index in [-0.39, 0.29) is 30.6 Å². The van der Waals surface area contributed by atoms with Crippen LogP contribution in [0.15, 0.2) is 59.2 Å². The van der Waals surface area contributed by atoms with E-state index >= 15 is 0 Å². The van der Waals surface area contributed by atoms with Crippen molar-refractivity contribution in [1.29, 1.82) is 0 Å². The maximum Gasteiger partial charge on any atom is 0.338 e. The third-order valence-electron chi connectivity index (χ3n) is 7.90. The second-order valence-electron chi connectivity index (χ2n) is 9.77. The van der Waals surface area contributed by atoms with Crippen molar-refractivity contribution >= 4 is 29.3 Å². The van der Waals surface area contributed by atoms with E-state index in [9.17, 15) is 19.2 Å². The Hall–Kier alpha value is -3.72. The Kier molecular flexibility index (Phi) is 5.15. The van der Waals surface area contributed by atoms with Crippen LogP contribution in [0.1, 0.15) is 42.4 Å². The minimum absolute atomic E-state index is 0.0320. The zero-order valence-corrected chi connectivity index (χ0v) is 19.9. The van der Waals surface area contributed by atoms with Gasteiger partial charge in [-0.05, 0) is 37.3 Å². The van der Waals surface area contributed by atoms with Crippen molar-refractivity contribution in [1.82, 2.24) is 4.90 Å². The Morgan fingerprint density at radius 2 is 2.06 bits per heavy atom. The highest BCUT2D eigenvalue weighted by Crippen LogP contribution is 2.60. The van der Waals surface area contributed by atoms with E-state index in [1.54, 1.807) is 48.2 Å². The van der Waals surface area contributed by atoms with E-state index in [1.165, 1.54) is 6.26 Å². The predicted molar refractivity (Wildman–Crippen MR) is 126 cm³/mol. The second-order valence-corrected chi connectivity index (χ2v) is 9.77. The van der Waals surface area contributed by atoms with Crippen LogP contribution in [-0.4, -0.2) is 52.8 Å². The van der Waals surface area contributed by atoms with Gasteiger partial charge in [-0.3, -0.25) is 14.4 Å². The predicted octanol–water partition coefficient (Wildman–Crippen LogP) is 2.90. The lowest BCUT2D eigenvalue weighted by molar-refractivity contribution is -0.147. The Labute approximate surface area is 207 Å². The van der Waals surface area contributed by atoms with Gasteiger partial charge >= 0.3 is 5.97 Å². The molecule has 5 heterocycles. The number of hydrogen-bond acceptors (Lipinski definition) is 7. The number of nitrogens with zero attached hydrogens (tertiary/aromatic N) is 1. The molecule has 3 saturated heterocycles. The largest absolute Gasteiger partial charge is 0.467 e. The van der Waals surface area contributed by atoms with Crippen LogP contribution in [-0.2, 0) is 23.9 Å². The minimum atomic E-state index is -1.06. The molecule has 3 fully saturated rings. The van der Waals surface area contributed by atoms with Gasteiger partial charge in [0.2, 0.25) is 11.8 Å². The van der Waals surface area contributed by atoms with Gasteiger partial charge in [-0.2, -0.15) is 0 Å². The molecular formula is C27H26N2O7. The number of piperidine rings is 1. The Balaban J connectivity index is 1.32. The Morgan fingerprint density at radius 1 is 1.22 bits per heavy atom. The average molecular weight is 491 g/mol. The van der Waals surface area contributed by atoms with Crippen LogP contribution in [0.25, 0.3) is 0 Å². The molecule has 0 radical (unpaired) electrons. The first kappa shape index (κ1) is 22.7. The molecule has 186 valence electrons. The molecule has 7 unspecified atom stereocenters. The molecule has 2 bridgehead atoms. The lowest BCUT2D eigenvalue weighted by Gasteiger charge is -2.43. The van der Waals surface area contributed by atoms with Crippen molar-refractivity contribution in [2.75, 3.05) is 11.9 Å². The van der Waals surface area contributed by atoms with E-state index in [4.69, 9.17) is 13.9 Å². The molecule has 0 saturated carbocycles. The van der Waals surface area contributed by atoms with Crippen LogP contribution in [0.4, 0.5) is 5.69 Å². The first-order valence-corrected chi connectivity index (χ1v) is 12.2. The topological polar surface area (TPSA) is 115 Å². The molecule has 2 aromatic rings. The number of fused-ring (bicyclic) bond motifs is 2. The fraction of sp³-hybridized carbons (Fsp3) is 0.407. The monoisotopic (exact) mass is 490 g/mol. The van der Waals surface area contributed by atoms with Crippen molar-refractivity contribution in [2.24, 2.45) is 17.8 Å². The number of ether oxygens (including phenoxy) is 2. The first-order valence-electron chi connectivity index (χ1n) is 12.2. The zero-order valence-electron chi connectivity index (χ0n) is 19.9. The number of anilines is 1. The van der Waals surface area contributed by atoms with Crippen LogP contribution in [0, 0.1) is 17.8 Å². The molecule has 1 spiro atoms. The summed E-state index contributed by atoms with van der Waals surface area (Å²) in [5.74, 6) is -2.49. The van der Waals surface area contributed by atoms with Gasteiger partial charge in [0, 0.05) is 18.0 Å².